The molecule has 0 bridgehead atoms. The number of nitrogens with one attached hydrogen (secondary N) is 2. The van der Waals surface area contributed by atoms with Crippen LogP contribution >= 0.6 is 0 Å². The van der Waals surface area contributed by atoms with Crippen LogP contribution in [0, 0.1) is 0 Å². The molecular weight excluding hydrogens is 244 g/mol. The maximum atomic E-state index is 5.42. The summed E-state index contributed by atoms with van der Waals surface area (Å²) < 4.78 is 16.0. The molecule has 1 heterocycles. The van der Waals surface area contributed by atoms with Crippen molar-refractivity contribution in [2.45, 2.75) is 12.6 Å². The van der Waals surface area contributed by atoms with E-state index in [-0.39, 0.29) is 0 Å². The molecule has 0 amide bonds. The Balaban J connectivity index is 1.84. The second kappa shape index (κ2) is 7.33. The second-order valence-corrected chi connectivity index (χ2v) is 4.53. The van der Waals surface area contributed by atoms with Gasteiger partial charge in [-0.2, -0.15) is 0 Å². The number of rotatable bonds is 6. The second-order valence-electron chi connectivity index (χ2n) is 4.53. The van der Waals surface area contributed by atoms with Gasteiger partial charge in [0.05, 0.1) is 27.4 Å². The molecule has 1 fully saturated rings. The third-order valence-electron chi connectivity index (χ3n) is 3.20. The highest BCUT2D eigenvalue weighted by atomic mass is 16.5. The van der Waals surface area contributed by atoms with Gasteiger partial charge in [-0.05, 0) is 6.07 Å². The zero-order valence-corrected chi connectivity index (χ0v) is 11.6. The monoisotopic (exact) mass is 266 g/mol. The van der Waals surface area contributed by atoms with Gasteiger partial charge >= 0.3 is 0 Å². The van der Waals surface area contributed by atoms with E-state index in [2.05, 4.69) is 10.6 Å². The predicted molar refractivity (Wildman–Crippen MR) is 73.9 cm³/mol. The molecule has 0 radical (unpaired) electrons. The lowest BCUT2D eigenvalue weighted by Gasteiger charge is -2.24. The highest BCUT2D eigenvalue weighted by Gasteiger charge is 2.12. The van der Waals surface area contributed by atoms with Crippen molar-refractivity contribution in [2.75, 3.05) is 40.5 Å². The minimum absolute atomic E-state index is 0.387. The maximum absolute atomic E-state index is 5.42. The third-order valence-corrected chi connectivity index (χ3v) is 3.20. The van der Waals surface area contributed by atoms with Crippen molar-refractivity contribution in [3.63, 3.8) is 0 Å². The Morgan fingerprint density at radius 3 is 2.95 bits per heavy atom. The molecule has 1 aliphatic heterocycles. The molecule has 0 aliphatic carbocycles. The van der Waals surface area contributed by atoms with Crippen molar-refractivity contribution in [1.29, 1.82) is 0 Å². The molecule has 106 valence electrons. The number of methoxy groups -OCH3 is 2. The molecule has 5 heteroatoms. The summed E-state index contributed by atoms with van der Waals surface area (Å²) in [5.74, 6) is 1.66. The van der Waals surface area contributed by atoms with Crippen LogP contribution in [0.15, 0.2) is 18.2 Å². The van der Waals surface area contributed by atoms with Crippen LogP contribution in [0.5, 0.6) is 11.5 Å². The Kier molecular flexibility index (Phi) is 5.44. The van der Waals surface area contributed by atoms with E-state index in [0.717, 1.165) is 49.9 Å². The van der Waals surface area contributed by atoms with E-state index in [1.54, 1.807) is 14.2 Å². The van der Waals surface area contributed by atoms with E-state index in [1.807, 2.05) is 18.2 Å². The van der Waals surface area contributed by atoms with E-state index >= 15 is 0 Å². The van der Waals surface area contributed by atoms with Crippen molar-refractivity contribution in [3.8, 4) is 11.5 Å². The van der Waals surface area contributed by atoms with Crippen LogP contribution in [0.25, 0.3) is 0 Å². The van der Waals surface area contributed by atoms with E-state index in [9.17, 15) is 0 Å². The largest absolute Gasteiger partial charge is 0.497 e. The average Bonchev–Trinajstić information content (AvgIpc) is 2.48. The first kappa shape index (κ1) is 14.1. The standard InChI is InChI=1S/C14H22N2O3/c1-17-13-4-3-11(14(7-13)18-2)8-15-9-12-10-19-6-5-16-12/h3-4,7,12,15-16H,5-6,8-10H2,1-2H3. The normalized spacial score (nSPS) is 19.2. The first-order chi connectivity index (χ1) is 9.33. The molecule has 5 nitrogen and oxygen atoms in total. The van der Waals surface area contributed by atoms with Crippen LogP contribution in [0.4, 0.5) is 0 Å². The molecular formula is C14H22N2O3. The summed E-state index contributed by atoms with van der Waals surface area (Å²) in [5, 5.41) is 6.83. The third kappa shape index (κ3) is 4.09. The molecule has 0 saturated carbocycles. The summed E-state index contributed by atoms with van der Waals surface area (Å²) in [6.45, 7) is 4.16. The molecule has 1 aliphatic rings. The van der Waals surface area contributed by atoms with Crippen molar-refractivity contribution in [3.05, 3.63) is 23.8 Å². The molecule has 19 heavy (non-hydrogen) atoms. The van der Waals surface area contributed by atoms with Gasteiger partial charge in [-0.3, -0.25) is 0 Å². The molecule has 1 atom stereocenters. The number of hydrogen-bond acceptors (Lipinski definition) is 5. The fourth-order valence-corrected chi connectivity index (χ4v) is 2.13. The quantitative estimate of drug-likeness (QED) is 0.797. The molecule has 0 aromatic heterocycles. The minimum atomic E-state index is 0.387. The minimum Gasteiger partial charge on any atom is -0.497 e. The number of morpholine rings is 1. The molecule has 1 saturated heterocycles. The zero-order valence-electron chi connectivity index (χ0n) is 11.6. The Morgan fingerprint density at radius 2 is 2.26 bits per heavy atom. The summed E-state index contributed by atoms with van der Waals surface area (Å²) in [7, 11) is 3.33. The van der Waals surface area contributed by atoms with Gasteiger partial charge in [0.1, 0.15) is 11.5 Å². The predicted octanol–water partition coefficient (Wildman–Crippen LogP) is 0.782. The smallest absolute Gasteiger partial charge is 0.127 e. The maximum Gasteiger partial charge on any atom is 0.127 e. The van der Waals surface area contributed by atoms with Gasteiger partial charge in [0, 0.05) is 37.3 Å². The van der Waals surface area contributed by atoms with Crippen molar-refractivity contribution < 1.29 is 14.2 Å². The van der Waals surface area contributed by atoms with E-state index < -0.39 is 0 Å². The van der Waals surface area contributed by atoms with E-state index in [0.29, 0.717) is 6.04 Å². The Labute approximate surface area is 114 Å². The summed E-state index contributed by atoms with van der Waals surface area (Å²) >= 11 is 0. The Bertz CT molecular complexity index is 392. The van der Waals surface area contributed by atoms with Gasteiger partial charge in [0.2, 0.25) is 0 Å². The van der Waals surface area contributed by atoms with Gasteiger partial charge in [-0.1, -0.05) is 6.07 Å². The lowest BCUT2D eigenvalue weighted by Crippen LogP contribution is -2.47. The molecule has 2 N–H and O–H groups in total. The van der Waals surface area contributed by atoms with E-state index in [4.69, 9.17) is 14.2 Å². The highest BCUT2D eigenvalue weighted by molar-refractivity contribution is 5.40. The summed E-state index contributed by atoms with van der Waals surface area (Å²) in [5.41, 5.74) is 1.13. The van der Waals surface area contributed by atoms with E-state index in [1.165, 1.54) is 0 Å². The van der Waals surface area contributed by atoms with Gasteiger partial charge in [0.25, 0.3) is 0 Å². The van der Waals surface area contributed by atoms with Crippen molar-refractivity contribution in [1.82, 2.24) is 10.6 Å². The SMILES string of the molecule is COc1ccc(CNCC2COCCN2)c(OC)c1. The lowest BCUT2D eigenvalue weighted by molar-refractivity contribution is 0.0766. The number of hydrogen-bond donors (Lipinski definition) is 2. The first-order valence-corrected chi connectivity index (χ1v) is 6.56. The van der Waals surface area contributed by atoms with Crippen LogP contribution in [0.1, 0.15) is 5.56 Å². The zero-order chi connectivity index (χ0) is 13.5. The molecule has 2 rings (SSSR count). The highest BCUT2D eigenvalue weighted by Crippen LogP contribution is 2.24. The van der Waals surface area contributed by atoms with Gasteiger partial charge in [0.15, 0.2) is 0 Å². The number of ether oxygens (including phenoxy) is 3. The molecule has 1 aromatic rings. The first-order valence-electron chi connectivity index (χ1n) is 6.56. The number of benzene rings is 1. The average molecular weight is 266 g/mol. The van der Waals surface area contributed by atoms with Crippen molar-refractivity contribution >= 4 is 0 Å². The fourth-order valence-electron chi connectivity index (χ4n) is 2.13. The van der Waals surface area contributed by atoms with Crippen LogP contribution < -0.4 is 20.1 Å². The van der Waals surface area contributed by atoms with Crippen LogP contribution in [0.3, 0.4) is 0 Å². The molecule has 1 aromatic carbocycles. The fraction of sp³-hybridized carbons (Fsp3) is 0.571. The van der Waals surface area contributed by atoms with Crippen molar-refractivity contribution in [2.24, 2.45) is 0 Å². The molecule has 1 unspecified atom stereocenters. The topological polar surface area (TPSA) is 51.8 Å². The summed E-state index contributed by atoms with van der Waals surface area (Å²) in [6.07, 6.45) is 0. The van der Waals surface area contributed by atoms with Crippen LogP contribution in [-0.2, 0) is 11.3 Å². The van der Waals surface area contributed by atoms with Gasteiger partial charge in [-0.15, -0.1) is 0 Å². The van der Waals surface area contributed by atoms with Crippen LogP contribution in [0.2, 0.25) is 0 Å². The van der Waals surface area contributed by atoms with Gasteiger partial charge < -0.3 is 24.8 Å². The van der Waals surface area contributed by atoms with Gasteiger partial charge in [-0.25, -0.2) is 0 Å². The summed E-state index contributed by atoms with van der Waals surface area (Å²) in [4.78, 5) is 0. The summed E-state index contributed by atoms with van der Waals surface area (Å²) in [6, 6.07) is 6.26. The Hall–Kier alpha value is -1.30. The van der Waals surface area contributed by atoms with Crippen LogP contribution in [-0.4, -0.2) is 46.6 Å². The lowest BCUT2D eigenvalue weighted by atomic mass is 10.2. The Morgan fingerprint density at radius 1 is 1.37 bits per heavy atom. The molecule has 0 spiro atoms.